The zero-order valence-electron chi connectivity index (χ0n) is 36.0. The zero-order valence-corrected chi connectivity index (χ0v) is 36.9. The lowest BCUT2D eigenvalue weighted by molar-refractivity contribution is -0.161. The molecule has 1 fully saturated rings. The third-order valence-corrected chi connectivity index (χ3v) is 10.3. The van der Waals surface area contributed by atoms with Crippen LogP contribution in [0.4, 0.5) is 0 Å². The van der Waals surface area contributed by atoms with Crippen LogP contribution in [0, 0.1) is 0 Å². The molecule has 5 unspecified atom stereocenters. The van der Waals surface area contributed by atoms with E-state index >= 15 is 0 Å². The SMILES string of the molecule is CCC=CCC1OC1CC=CCC=CCC=CCC=CCCC(=O)OC(COC(=O)CCCCCCCC=CCCCCCCCC)COP(=O)(O)OCC(N)C(=O)O. The topological polar surface area (TPSA) is 184 Å². The summed E-state index contributed by atoms with van der Waals surface area (Å²) in [5, 5.41) is 8.89. The van der Waals surface area contributed by atoms with Crippen molar-refractivity contribution in [1.29, 1.82) is 0 Å². The summed E-state index contributed by atoms with van der Waals surface area (Å²) in [6, 6.07) is -1.54. The number of hydrogen-bond donors (Lipinski definition) is 3. The zero-order chi connectivity index (χ0) is 43.2. The lowest BCUT2D eigenvalue weighted by Crippen LogP contribution is -2.34. The first-order valence-corrected chi connectivity index (χ1v) is 23.6. The molecule has 0 saturated carbocycles. The number of aliphatic carboxylic acids is 1. The quantitative estimate of drug-likeness (QED) is 0.0175. The number of unbranched alkanes of at least 4 members (excludes halogenated alkanes) is 11. The van der Waals surface area contributed by atoms with Crippen LogP contribution in [0.25, 0.3) is 0 Å². The summed E-state index contributed by atoms with van der Waals surface area (Å²) in [4.78, 5) is 45.9. The van der Waals surface area contributed by atoms with Crippen molar-refractivity contribution >= 4 is 25.7 Å². The Morgan fingerprint density at radius 2 is 1.14 bits per heavy atom. The van der Waals surface area contributed by atoms with Crippen molar-refractivity contribution in [2.45, 2.75) is 179 Å². The minimum atomic E-state index is -4.75. The van der Waals surface area contributed by atoms with Crippen LogP contribution in [0.1, 0.15) is 155 Å². The van der Waals surface area contributed by atoms with Crippen LogP contribution < -0.4 is 5.73 Å². The highest BCUT2D eigenvalue weighted by Gasteiger charge is 2.36. The van der Waals surface area contributed by atoms with Gasteiger partial charge in [-0.1, -0.05) is 138 Å². The van der Waals surface area contributed by atoms with Gasteiger partial charge in [-0.3, -0.25) is 23.4 Å². The Labute approximate surface area is 355 Å². The summed E-state index contributed by atoms with van der Waals surface area (Å²) in [5.41, 5.74) is 5.33. The second-order valence-electron chi connectivity index (χ2n) is 14.8. The maximum atomic E-state index is 12.6. The molecular weight excluding hydrogens is 773 g/mol. The van der Waals surface area contributed by atoms with Gasteiger partial charge in [0, 0.05) is 12.8 Å². The highest BCUT2D eigenvalue weighted by molar-refractivity contribution is 7.47. The van der Waals surface area contributed by atoms with E-state index in [0.29, 0.717) is 31.5 Å². The summed E-state index contributed by atoms with van der Waals surface area (Å²) in [5.74, 6) is -2.51. The number of carbonyl (C=O) groups is 3. The summed E-state index contributed by atoms with van der Waals surface area (Å²) in [6.07, 6.45) is 45.9. The van der Waals surface area contributed by atoms with Gasteiger partial charge in [-0.25, -0.2) is 4.57 Å². The number of epoxide rings is 1. The van der Waals surface area contributed by atoms with Gasteiger partial charge in [0.05, 0.1) is 25.4 Å². The molecule has 1 heterocycles. The average molecular weight is 850 g/mol. The van der Waals surface area contributed by atoms with Gasteiger partial charge in [0.2, 0.25) is 0 Å². The lowest BCUT2D eigenvalue weighted by atomic mass is 10.1. The van der Waals surface area contributed by atoms with Crippen LogP contribution >= 0.6 is 7.82 Å². The van der Waals surface area contributed by atoms with E-state index in [1.54, 1.807) is 0 Å². The molecule has 1 aliphatic heterocycles. The van der Waals surface area contributed by atoms with Crippen molar-refractivity contribution in [3.63, 3.8) is 0 Å². The van der Waals surface area contributed by atoms with Crippen LogP contribution in [0.2, 0.25) is 0 Å². The van der Waals surface area contributed by atoms with E-state index in [0.717, 1.165) is 70.6 Å². The molecule has 59 heavy (non-hydrogen) atoms. The molecule has 1 aliphatic rings. The molecular formula is C46H76NO11P. The second-order valence-corrected chi connectivity index (χ2v) is 16.3. The van der Waals surface area contributed by atoms with Gasteiger partial charge >= 0.3 is 25.7 Å². The number of esters is 2. The lowest BCUT2D eigenvalue weighted by Gasteiger charge is -2.20. The highest BCUT2D eigenvalue weighted by atomic mass is 31.2. The van der Waals surface area contributed by atoms with Gasteiger partial charge in [0.15, 0.2) is 6.10 Å². The molecule has 0 radical (unpaired) electrons. The smallest absolute Gasteiger partial charge is 0.472 e. The third-order valence-electron chi connectivity index (χ3n) is 9.35. The molecule has 0 aromatic rings. The Kier molecular flexibility index (Phi) is 33.5. The molecule has 1 rings (SSSR count). The van der Waals surface area contributed by atoms with E-state index in [1.807, 2.05) is 18.2 Å². The molecule has 0 amide bonds. The second kappa shape index (κ2) is 36.7. The number of rotatable bonds is 39. The fourth-order valence-electron chi connectivity index (χ4n) is 5.77. The molecule has 1 saturated heterocycles. The monoisotopic (exact) mass is 850 g/mol. The van der Waals surface area contributed by atoms with Crippen molar-refractivity contribution < 1.29 is 52.2 Å². The third kappa shape index (κ3) is 34.3. The fourth-order valence-corrected chi connectivity index (χ4v) is 6.55. The normalized spacial score (nSPS) is 17.8. The predicted octanol–water partition coefficient (Wildman–Crippen LogP) is 10.7. The molecule has 0 bridgehead atoms. The number of ether oxygens (including phenoxy) is 3. The van der Waals surface area contributed by atoms with E-state index < -0.39 is 51.1 Å². The molecule has 0 aliphatic carbocycles. The fraction of sp³-hybridized carbons (Fsp3) is 0.674. The Morgan fingerprint density at radius 3 is 1.73 bits per heavy atom. The maximum absolute atomic E-state index is 12.6. The standard InChI is InChI=1S/C46H76NO11P/c1-3-5-7-8-9-10-11-12-13-14-18-21-24-27-31-35-44(48)54-37-40(38-55-59(52,53)56-39-41(47)46(50)51)57-45(49)36-32-28-25-22-19-16-15-17-20-23-26-30-34-43-42(58-43)33-29-6-4-2/h6,12-13,16-17,19-20,25-26,28-30,40-43H,3-5,7-11,14-15,18,21-24,27,31-39,47H2,1-2H3,(H,50,51)(H,52,53). The Balaban J connectivity index is 2.34. The summed E-state index contributed by atoms with van der Waals surface area (Å²) in [6.45, 7) is 2.58. The number of carboxylic acid groups (broad SMARTS) is 1. The molecule has 12 nitrogen and oxygen atoms in total. The summed E-state index contributed by atoms with van der Waals surface area (Å²) in [7, 11) is -4.75. The van der Waals surface area contributed by atoms with Crippen molar-refractivity contribution in [3.05, 3.63) is 72.9 Å². The van der Waals surface area contributed by atoms with Crippen LogP contribution in [0.15, 0.2) is 72.9 Å². The van der Waals surface area contributed by atoms with Gasteiger partial charge in [0.25, 0.3) is 0 Å². The van der Waals surface area contributed by atoms with Gasteiger partial charge in [-0.05, 0) is 77.0 Å². The van der Waals surface area contributed by atoms with Gasteiger partial charge in [-0.15, -0.1) is 0 Å². The van der Waals surface area contributed by atoms with Crippen LogP contribution in [0.3, 0.4) is 0 Å². The Hall–Kier alpha value is -3.12. The van der Waals surface area contributed by atoms with Crippen LogP contribution in [-0.4, -0.2) is 72.1 Å². The Morgan fingerprint density at radius 1 is 0.627 bits per heavy atom. The summed E-state index contributed by atoms with van der Waals surface area (Å²) >= 11 is 0. The molecule has 0 aromatic carbocycles. The van der Waals surface area contributed by atoms with Gasteiger partial charge in [0.1, 0.15) is 12.6 Å². The van der Waals surface area contributed by atoms with E-state index in [9.17, 15) is 23.8 Å². The van der Waals surface area contributed by atoms with Crippen LogP contribution in [-0.2, 0) is 42.2 Å². The molecule has 13 heteroatoms. The van der Waals surface area contributed by atoms with Crippen molar-refractivity contribution in [2.24, 2.45) is 5.73 Å². The predicted molar refractivity (Wildman–Crippen MR) is 235 cm³/mol. The van der Waals surface area contributed by atoms with E-state index in [-0.39, 0.29) is 19.4 Å². The van der Waals surface area contributed by atoms with E-state index in [2.05, 4.69) is 73.1 Å². The minimum Gasteiger partial charge on any atom is -0.480 e. The first-order chi connectivity index (χ1) is 28.6. The first-order valence-electron chi connectivity index (χ1n) is 22.1. The number of nitrogens with two attached hydrogens (primary N) is 1. The molecule has 5 atom stereocenters. The number of carboxylic acids is 1. The van der Waals surface area contributed by atoms with Gasteiger partial charge in [-0.2, -0.15) is 0 Å². The highest BCUT2D eigenvalue weighted by Crippen LogP contribution is 2.43. The van der Waals surface area contributed by atoms with Crippen molar-refractivity contribution in [3.8, 4) is 0 Å². The minimum absolute atomic E-state index is 0.0278. The number of phosphoric acid groups is 1. The molecule has 336 valence electrons. The van der Waals surface area contributed by atoms with E-state index in [4.69, 9.17) is 29.6 Å². The molecule has 4 N–H and O–H groups in total. The number of phosphoric ester groups is 1. The first kappa shape index (κ1) is 53.9. The van der Waals surface area contributed by atoms with Crippen molar-refractivity contribution in [1.82, 2.24) is 0 Å². The molecule has 0 aromatic heterocycles. The number of hydrogen-bond acceptors (Lipinski definition) is 10. The van der Waals surface area contributed by atoms with Crippen LogP contribution in [0.5, 0.6) is 0 Å². The van der Waals surface area contributed by atoms with Crippen molar-refractivity contribution in [2.75, 3.05) is 19.8 Å². The van der Waals surface area contributed by atoms with Gasteiger partial charge < -0.3 is 29.9 Å². The number of allylic oxidation sites excluding steroid dienone is 10. The summed E-state index contributed by atoms with van der Waals surface area (Å²) < 4.78 is 38.3. The number of carbonyl (C=O) groups excluding carboxylic acids is 2. The van der Waals surface area contributed by atoms with E-state index in [1.165, 1.54) is 38.5 Å². The largest absolute Gasteiger partial charge is 0.480 e. The maximum Gasteiger partial charge on any atom is 0.472 e. The Bertz CT molecular complexity index is 1340. The molecule has 0 spiro atoms. The average Bonchev–Trinajstić information content (AvgIpc) is 3.97.